The molecular formula is C11H20N4. The lowest BCUT2D eigenvalue weighted by atomic mass is 9.93. The van der Waals surface area contributed by atoms with E-state index in [-0.39, 0.29) is 0 Å². The maximum Gasteiger partial charge on any atom is 0.0719 e. The van der Waals surface area contributed by atoms with Crippen LogP contribution in [0, 0.1) is 0 Å². The largest absolute Gasteiger partial charge is 0.396 e. The highest BCUT2D eigenvalue weighted by Crippen LogP contribution is 2.29. The summed E-state index contributed by atoms with van der Waals surface area (Å²) in [6.45, 7) is 4.55. The van der Waals surface area contributed by atoms with Gasteiger partial charge in [0.15, 0.2) is 0 Å². The molecule has 0 saturated carbocycles. The predicted molar refractivity (Wildman–Crippen MR) is 61.6 cm³/mol. The van der Waals surface area contributed by atoms with Crippen LogP contribution in [0.25, 0.3) is 0 Å². The summed E-state index contributed by atoms with van der Waals surface area (Å²) in [6.07, 6.45) is 5.98. The highest BCUT2D eigenvalue weighted by molar-refractivity contribution is 5.30. The fourth-order valence-electron chi connectivity index (χ4n) is 2.42. The first-order chi connectivity index (χ1) is 7.08. The molecule has 0 amide bonds. The molecule has 84 valence electrons. The Morgan fingerprint density at radius 2 is 1.93 bits per heavy atom. The maximum absolute atomic E-state index is 5.69. The summed E-state index contributed by atoms with van der Waals surface area (Å²) in [5.74, 6) is 0. The summed E-state index contributed by atoms with van der Waals surface area (Å²) in [4.78, 5) is 2.43. The van der Waals surface area contributed by atoms with E-state index < -0.39 is 0 Å². The third-order valence-corrected chi connectivity index (χ3v) is 3.61. The lowest BCUT2D eigenvalue weighted by Gasteiger charge is -2.40. The van der Waals surface area contributed by atoms with E-state index in [9.17, 15) is 0 Å². The van der Waals surface area contributed by atoms with Crippen LogP contribution < -0.4 is 5.73 Å². The molecule has 2 rings (SSSR count). The lowest BCUT2D eigenvalue weighted by Crippen LogP contribution is -2.44. The van der Waals surface area contributed by atoms with Crippen molar-refractivity contribution in [2.24, 2.45) is 0 Å². The average Bonchev–Trinajstić information content (AvgIpc) is 2.60. The quantitative estimate of drug-likeness (QED) is 0.761. The predicted octanol–water partition coefficient (Wildman–Crippen LogP) is 1.51. The molecular weight excluding hydrogens is 188 g/mol. The van der Waals surface area contributed by atoms with E-state index in [4.69, 9.17) is 5.73 Å². The number of aromatic nitrogens is 2. The zero-order valence-corrected chi connectivity index (χ0v) is 9.72. The molecule has 1 aromatic heterocycles. The van der Waals surface area contributed by atoms with Gasteiger partial charge in [-0.3, -0.25) is 4.68 Å². The molecule has 15 heavy (non-hydrogen) atoms. The van der Waals surface area contributed by atoms with Crippen molar-refractivity contribution in [3.05, 3.63) is 12.4 Å². The number of hydrogen-bond donors (Lipinski definition) is 1. The monoisotopic (exact) mass is 208 g/mol. The van der Waals surface area contributed by atoms with E-state index in [1.807, 2.05) is 10.9 Å². The molecule has 0 aliphatic carbocycles. The Labute approximate surface area is 91.1 Å². The molecule has 4 heteroatoms. The molecule has 1 saturated heterocycles. The van der Waals surface area contributed by atoms with Gasteiger partial charge in [0.1, 0.15) is 0 Å². The number of nitrogens with zero attached hydrogens (tertiary/aromatic N) is 3. The van der Waals surface area contributed by atoms with Crippen LogP contribution in [-0.2, 0) is 0 Å². The number of rotatable bonds is 1. The standard InChI is InChI=1S/C11H20N4/c1-8-4-11(5-9(2)14(8)3)15-7-10(12)6-13-15/h6-9,11H,4-5,12H2,1-3H3/t8-,9+,11+. The summed E-state index contributed by atoms with van der Waals surface area (Å²) < 4.78 is 2.02. The van der Waals surface area contributed by atoms with Gasteiger partial charge in [-0.1, -0.05) is 0 Å². The van der Waals surface area contributed by atoms with Crippen LogP contribution in [0.5, 0.6) is 0 Å². The minimum absolute atomic E-state index is 0.503. The van der Waals surface area contributed by atoms with Gasteiger partial charge < -0.3 is 10.6 Å². The number of hydrogen-bond acceptors (Lipinski definition) is 3. The van der Waals surface area contributed by atoms with Gasteiger partial charge in [-0.25, -0.2) is 0 Å². The Morgan fingerprint density at radius 3 is 2.40 bits per heavy atom. The number of piperidine rings is 1. The van der Waals surface area contributed by atoms with Gasteiger partial charge in [-0.15, -0.1) is 0 Å². The average molecular weight is 208 g/mol. The fraction of sp³-hybridized carbons (Fsp3) is 0.727. The molecule has 0 unspecified atom stereocenters. The molecule has 2 heterocycles. The first kappa shape index (κ1) is 10.5. The Morgan fingerprint density at radius 1 is 1.33 bits per heavy atom. The number of nitrogen functional groups attached to an aromatic ring is 1. The second-order valence-electron chi connectivity index (χ2n) is 4.74. The number of likely N-dealkylation sites (tertiary alicyclic amines) is 1. The second-order valence-corrected chi connectivity index (χ2v) is 4.74. The molecule has 3 atom stereocenters. The van der Waals surface area contributed by atoms with Crippen LogP contribution in [0.3, 0.4) is 0 Å². The van der Waals surface area contributed by atoms with Crippen molar-refractivity contribution in [1.29, 1.82) is 0 Å². The first-order valence-corrected chi connectivity index (χ1v) is 5.59. The van der Waals surface area contributed by atoms with Gasteiger partial charge in [0.2, 0.25) is 0 Å². The van der Waals surface area contributed by atoms with Gasteiger partial charge >= 0.3 is 0 Å². The van der Waals surface area contributed by atoms with Crippen LogP contribution in [0.2, 0.25) is 0 Å². The summed E-state index contributed by atoms with van der Waals surface area (Å²) in [7, 11) is 2.20. The van der Waals surface area contributed by atoms with Gasteiger partial charge in [0, 0.05) is 18.3 Å². The van der Waals surface area contributed by atoms with Crippen molar-refractivity contribution >= 4 is 5.69 Å². The third kappa shape index (κ3) is 2.00. The van der Waals surface area contributed by atoms with E-state index in [1.165, 1.54) is 0 Å². The smallest absolute Gasteiger partial charge is 0.0719 e. The van der Waals surface area contributed by atoms with Gasteiger partial charge in [0.25, 0.3) is 0 Å². The third-order valence-electron chi connectivity index (χ3n) is 3.61. The molecule has 1 aromatic rings. The normalized spacial score (nSPS) is 33.1. The Bertz CT molecular complexity index is 321. The minimum atomic E-state index is 0.503. The zero-order valence-electron chi connectivity index (χ0n) is 9.72. The van der Waals surface area contributed by atoms with Gasteiger partial charge in [-0.2, -0.15) is 5.10 Å². The molecule has 0 spiro atoms. The lowest BCUT2D eigenvalue weighted by molar-refractivity contribution is 0.0969. The molecule has 1 aliphatic heterocycles. The van der Waals surface area contributed by atoms with E-state index in [1.54, 1.807) is 6.20 Å². The van der Waals surface area contributed by atoms with Gasteiger partial charge in [0.05, 0.1) is 17.9 Å². The Kier molecular flexibility index (Phi) is 2.69. The van der Waals surface area contributed by atoms with E-state index >= 15 is 0 Å². The van der Waals surface area contributed by atoms with E-state index in [2.05, 4.69) is 30.9 Å². The van der Waals surface area contributed by atoms with Crippen LogP contribution in [-0.4, -0.2) is 33.8 Å². The molecule has 0 aromatic carbocycles. The molecule has 0 radical (unpaired) electrons. The zero-order chi connectivity index (χ0) is 11.0. The highest BCUT2D eigenvalue weighted by Gasteiger charge is 2.29. The highest BCUT2D eigenvalue weighted by atomic mass is 15.3. The van der Waals surface area contributed by atoms with Crippen molar-refractivity contribution in [3.63, 3.8) is 0 Å². The number of anilines is 1. The molecule has 0 bridgehead atoms. The van der Waals surface area contributed by atoms with Crippen molar-refractivity contribution in [1.82, 2.24) is 14.7 Å². The van der Waals surface area contributed by atoms with Crippen molar-refractivity contribution in [2.75, 3.05) is 12.8 Å². The Balaban J connectivity index is 2.12. The second kappa shape index (κ2) is 3.85. The number of nitrogens with two attached hydrogens (primary N) is 1. The topological polar surface area (TPSA) is 47.1 Å². The van der Waals surface area contributed by atoms with Crippen LogP contribution in [0.1, 0.15) is 32.7 Å². The van der Waals surface area contributed by atoms with E-state index in [0.29, 0.717) is 18.1 Å². The summed E-state index contributed by atoms with van der Waals surface area (Å²) in [5, 5.41) is 4.31. The van der Waals surface area contributed by atoms with Gasteiger partial charge in [-0.05, 0) is 33.7 Å². The molecule has 4 nitrogen and oxygen atoms in total. The van der Waals surface area contributed by atoms with Crippen LogP contribution in [0.15, 0.2) is 12.4 Å². The molecule has 2 N–H and O–H groups in total. The fourth-order valence-corrected chi connectivity index (χ4v) is 2.42. The minimum Gasteiger partial charge on any atom is -0.396 e. The summed E-state index contributed by atoms with van der Waals surface area (Å²) in [6, 6.07) is 1.73. The van der Waals surface area contributed by atoms with Crippen molar-refractivity contribution in [2.45, 2.75) is 44.8 Å². The summed E-state index contributed by atoms with van der Waals surface area (Å²) >= 11 is 0. The van der Waals surface area contributed by atoms with Crippen LogP contribution >= 0.6 is 0 Å². The SMILES string of the molecule is C[C@@H]1C[C@H](n2cc(N)cn2)C[C@H](C)N1C. The molecule has 1 aliphatic rings. The Hall–Kier alpha value is -1.03. The van der Waals surface area contributed by atoms with E-state index in [0.717, 1.165) is 18.5 Å². The first-order valence-electron chi connectivity index (χ1n) is 5.59. The molecule has 1 fully saturated rings. The van der Waals surface area contributed by atoms with Crippen LogP contribution in [0.4, 0.5) is 5.69 Å². The van der Waals surface area contributed by atoms with Crippen molar-refractivity contribution < 1.29 is 0 Å². The van der Waals surface area contributed by atoms with Crippen molar-refractivity contribution in [3.8, 4) is 0 Å². The maximum atomic E-state index is 5.69. The summed E-state index contributed by atoms with van der Waals surface area (Å²) in [5.41, 5.74) is 6.45.